The Morgan fingerprint density at radius 3 is 2.58 bits per heavy atom. The first-order valence-corrected chi connectivity index (χ1v) is 9.21. The van der Waals surface area contributed by atoms with E-state index in [0.29, 0.717) is 12.1 Å². The van der Waals surface area contributed by atoms with E-state index in [0.717, 1.165) is 38.9 Å². The summed E-state index contributed by atoms with van der Waals surface area (Å²) >= 11 is 0. The Balaban J connectivity index is 1.44. The predicted molar refractivity (Wildman–Crippen MR) is 91.0 cm³/mol. The molecular formula is C17H30N4O3. The summed E-state index contributed by atoms with van der Waals surface area (Å²) < 4.78 is 0. The topological polar surface area (TPSA) is 76.1 Å². The Morgan fingerprint density at radius 1 is 1.21 bits per heavy atom. The van der Waals surface area contributed by atoms with Crippen LogP contribution >= 0.6 is 0 Å². The maximum Gasteiger partial charge on any atom is 0.317 e. The second-order valence-electron chi connectivity index (χ2n) is 7.51. The first-order valence-electron chi connectivity index (χ1n) is 9.21. The van der Waals surface area contributed by atoms with Gasteiger partial charge >= 0.3 is 12.0 Å². The van der Waals surface area contributed by atoms with E-state index in [1.54, 1.807) is 0 Å². The molecule has 2 bridgehead atoms. The number of urea groups is 1. The molecule has 2 aliphatic heterocycles. The van der Waals surface area contributed by atoms with E-state index in [2.05, 4.69) is 17.3 Å². The number of carboxylic acid groups (broad SMARTS) is 1. The van der Waals surface area contributed by atoms with Crippen molar-refractivity contribution >= 4 is 12.0 Å². The highest BCUT2D eigenvalue weighted by molar-refractivity contribution is 5.75. The molecule has 2 atom stereocenters. The first kappa shape index (κ1) is 17.5. The summed E-state index contributed by atoms with van der Waals surface area (Å²) in [5, 5.41) is 12.1. The van der Waals surface area contributed by atoms with Crippen LogP contribution in [0.1, 0.15) is 39.0 Å². The van der Waals surface area contributed by atoms with Gasteiger partial charge in [-0.1, -0.05) is 6.92 Å². The lowest BCUT2D eigenvalue weighted by atomic mass is 9.85. The number of carbonyl (C=O) groups is 2. The monoisotopic (exact) mass is 338 g/mol. The number of aliphatic carboxylic acids is 1. The van der Waals surface area contributed by atoms with Gasteiger partial charge in [0, 0.05) is 37.3 Å². The van der Waals surface area contributed by atoms with Crippen molar-refractivity contribution in [3.05, 3.63) is 0 Å². The zero-order valence-electron chi connectivity index (χ0n) is 14.8. The lowest BCUT2D eigenvalue weighted by Crippen LogP contribution is -2.57. The Hall–Kier alpha value is -1.34. The Morgan fingerprint density at radius 2 is 1.92 bits per heavy atom. The molecule has 1 saturated carbocycles. The van der Waals surface area contributed by atoms with Gasteiger partial charge in [0.15, 0.2) is 0 Å². The fraction of sp³-hybridized carbons (Fsp3) is 0.882. The number of carbonyl (C=O) groups excluding carboxylic acids is 1. The highest BCUT2D eigenvalue weighted by atomic mass is 16.4. The second-order valence-corrected chi connectivity index (χ2v) is 7.51. The normalized spacial score (nSPS) is 33.2. The van der Waals surface area contributed by atoms with Crippen molar-refractivity contribution in [2.45, 2.75) is 63.2 Å². The van der Waals surface area contributed by atoms with Crippen LogP contribution < -0.4 is 5.32 Å². The molecule has 1 aliphatic carbocycles. The van der Waals surface area contributed by atoms with Gasteiger partial charge in [-0.25, -0.2) is 4.79 Å². The number of hydrogen-bond acceptors (Lipinski definition) is 4. The maximum atomic E-state index is 12.5. The molecule has 3 rings (SSSR count). The average Bonchev–Trinajstić information content (AvgIpc) is 2.73. The Labute approximate surface area is 144 Å². The number of nitrogens with one attached hydrogen (secondary N) is 1. The molecule has 136 valence electrons. The maximum absolute atomic E-state index is 12.5. The Bertz CT molecular complexity index is 480. The van der Waals surface area contributed by atoms with Gasteiger partial charge in [0.1, 0.15) is 0 Å². The van der Waals surface area contributed by atoms with Crippen LogP contribution in [0.15, 0.2) is 0 Å². The van der Waals surface area contributed by atoms with E-state index < -0.39 is 5.97 Å². The van der Waals surface area contributed by atoms with E-state index in [1.165, 1.54) is 12.8 Å². The van der Waals surface area contributed by atoms with Crippen LogP contribution in [0.4, 0.5) is 4.79 Å². The minimum absolute atomic E-state index is 0.0562. The third-order valence-corrected chi connectivity index (χ3v) is 6.14. The summed E-state index contributed by atoms with van der Waals surface area (Å²) in [6.07, 6.45) is 5.23. The fourth-order valence-corrected chi connectivity index (χ4v) is 4.44. The molecule has 0 aromatic heterocycles. The SMILES string of the molecule is CCN(CC(=O)O)C1CC(NC(=O)N2CCC3CCC(C2)N3C)C1. The summed E-state index contributed by atoms with van der Waals surface area (Å²) in [4.78, 5) is 29.8. The third kappa shape index (κ3) is 3.67. The summed E-state index contributed by atoms with van der Waals surface area (Å²) in [5.41, 5.74) is 0. The molecule has 7 nitrogen and oxygen atoms in total. The number of fused-ring (bicyclic) bond motifs is 2. The largest absolute Gasteiger partial charge is 0.480 e. The molecule has 24 heavy (non-hydrogen) atoms. The van der Waals surface area contributed by atoms with Crippen LogP contribution in [0.2, 0.25) is 0 Å². The fourth-order valence-electron chi connectivity index (χ4n) is 4.44. The van der Waals surface area contributed by atoms with Gasteiger partial charge in [-0.2, -0.15) is 0 Å². The number of amides is 2. The van der Waals surface area contributed by atoms with Crippen molar-refractivity contribution in [2.24, 2.45) is 0 Å². The first-order chi connectivity index (χ1) is 11.5. The second kappa shape index (κ2) is 7.27. The number of likely N-dealkylation sites (N-methyl/N-ethyl adjacent to an activating group) is 2. The molecule has 2 saturated heterocycles. The van der Waals surface area contributed by atoms with Gasteiger partial charge in [-0.05, 0) is 45.7 Å². The molecule has 3 aliphatic rings. The van der Waals surface area contributed by atoms with Gasteiger partial charge in [-0.15, -0.1) is 0 Å². The molecule has 0 radical (unpaired) electrons. The van der Waals surface area contributed by atoms with Crippen molar-refractivity contribution in [3.63, 3.8) is 0 Å². The smallest absolute Gasteiger partial charge is 0.317 e. The van der Waals surface area contributed by atoms with E-state index in [1.807, 2.05) is 16.7 Å². The number of nitrogens with zero attached hydrogens (tertiary/aromatic N) is 3. The lowest BCUT2D eigenvalue weighted by molar-refractivity contribution is -0.139. The number of hydrogen-bond donors (Lipinski definition) is 2. The number of rotatable bonds is 5. The standard InChI is InChI=1S/C17H30N4O3/c1-3-20(11-16(22)23)15-8-12(9-15)18-17(24)21-7-6-13-4-5-14(10-21)19(13)2/h12-15H,3-11H2,1-2H3,(H,18,24)(H,22,23). The molecule has 2 N–H and O–H groups in total. The summed E-state index contributed by atoms with van der Waals surface area (Å²) in [5.74, 6) is -0.784. The molecule has 0 aromatic rings. The quantitative estimate of drug-likeness (QED) is 0.776. The van der Waals surface area contributed by atoms with Crippen molar-refractivity contribution in [1.29, 1.82) is 0 Å². The predicted octanol–water partition coefficient (Wildman–Crippen LogP) is 0.802. The molecule has 2 heterocycles. The van der Waals surface area contributed by atoms with Crippen molar-refractivity contribution in [1.82, 2.24) is 20.0 Å². The van der Waals surface area contributed by atoms with Crippen LogP contribution in [0, 0.1) is 0 Å². The van der Waals surface area contributed by atoms with Crippen LogP contribution in [0.3, 0.4) is 0 Å². The van der Waals surface area contributed by atoms with Gasteiger partial charge in [0.2, 0.25) is 0 Å². The van der Waals surface area contributed by atoms with Crippen molar-refractivity contribution < 1.29 is 14.7 Å². The van der Waals surface area contributed by atoms with Crippen molar-refractivity contribution in [3.8, 4) is 0 Å². The summed E-state index contributed by atoms with van der Waals surface area (Å²) in [7, 11) is 2.18. The molecule has 0 aromatic carbocycles. The summed E-state index contributed by atoms with van der Waals surface area (Å²) in [6.45, 7) is 4.48. The van der Waals surface area contributed by atoms with Gasteiger partial charge in [-0.3, -0.25) is 14.6 Å². The number of carboxylic acids is 1. The molecule has 2 amide bonds. The number of likely N-dealkylation sites (tertiary alicyclic amines) is 1. The van der Waals surface area contributed by atoms with Gasteiger partial charge in [0.05, 0.1) is 6.54 Å². The molecule has 2 unspecified atom stereocenters. The average molecular weight is 338 g/mol. The summed E-state index contributed by atoms with van der Waals surface area (Å²) in [6, 6.07) is 1.66. The van der Waals surface area contributed by atoms with E-state index >= 15 is 0 Å². The minimum atomic E-state index is -0.784. The zero-order chi connectivity index (χ0) is 17.3. The van der Waals surface area contributed by atoms with Crippen LogP contribution in [0.25, 0.3) is 0 Å². The van der Waals surface area contributed by atoms with Gasteiger partial charge < -0.3 is 15.3 Å². The van der Waals surface area contributed by atoms with E-state index in [9.17, 15) is 9.59 Å². The van der Waals surface area contributed by atoms with Crippen molar-refractivity contribution in [2.75, 3.05) is 33.2 Å². The Kier molecular flexibility index (Phi) is 5.30. The highest BCUT2D eigenvalue weighted by Crippen LogP contribution is 2.29. The highest BCUT2D eigenvalue weighted by Gasteiger charge is 2.38. The minimum Gasteiger partial charge on any atom is -0.480 e. The van der Waals surface area contributed by atoms with Crippen LogP contribution in [-0.2, 0) is 4.79 Å². The lowest BCUT2D eigenvalue weighted by Gasteiger charge is -2.43. The van der Waals surface area contributed by atoms with Crippen LogP contribution in [0.5, 0.6) is 0 Å². The van der Waals surface area contributed by atoms with Crippen LogP contribution in [-0.4, -0.2) is 89.2 Å². The van der Waals surface area contributed by atoms with E-state index in [4.69, 9.17) is 5.11 Å². The molecule has 7 heteroatoms. The molecule has 0 spiro atoms. The third-order valence-electron chi connectivity index (χ3n) is 6.14. The molecule has 3 fully saturated rings. The molecular weight excluding hydrogens is 308 g/mol. The zero-order valence-corrected chi connectivity index (χ0v) is 14.8. The van der Waals surface area contributed by atoms with E-state index in [-0.39, 0.29) is 24.7 Å². The van der Waals surface area contributed by atoms with Gasteiger partial charge in [0.25, 0.3) is 0 Å².